The lowest BCUT2D eigenvalue weighted by molar-refractivity contribution is 0.162. The Hall–Kier alpha value is -1.00. The van der Waals surface area contributed by atoms with Crippen LogP contribution in [0.2, 0.25) is 0 Å². The summed E-state index contributed by atoms with van der Waals surface area (Å²) in [7, 11) is 0. The van der Waals surface area contributed by atoms with Crippen LogP contribution in [0.15, 0.2) is 35.3 Å². The number of aliphatic hydroxyl groups is 1. The Morgan fingerprint density at radius 2 is 2.06 bits per heavy atom. The predicted octanol–water partition coefficient (Wildman–Crippen LogP) is 2.32. The molecule has 0 radical (unpaired) electrons. The van der Waals surface area contributed by atoms with Crippen molar-refractivity contribution in [1.82, 2.24) is 0 Å². The van der Waals surface area contributed by atoms with Crippen LogP contribution in [0.3, 0.4) is 0 Å². The highest BCUT2D eigenvalue weighted by Gasteiger charge is 2.27. The molecule has 0 saturated heterocycles. The lowest BCUT2D eigenvalue weighted by Gasteiger charge is -2.35. The van der Waals surface area contributed by atoms with E-state index < -0.39 is 6.23 Å². The van der Waals surface area contributed by atoms with E-state index in [0.717, 1.165) is 10.9 Å². The number of hydrogen-bond donors (Lipinski definition) is 1. The molecule has 0 bridgehead atoms. The molecule has 16 heavy (non-hydrogen) atoms. The Kier molecular flexibility index (Phi) is 3.51. The third-order valence-electron chi connectivity index (χ3n) is 2.60. The maximum atomic E-state index is 10.1. The van der Waals surface area contributed by atoms with E-state index in [0.29, 0.717) is 6.42 Å². The van der Waals surface area contributed by atoms with Gasteiger partial charge in [-0.3, -0.25) is 9.89 Å². The van der Waals surface area contributed by atoms with Crippen molar-refractivity contribution in [3.05, 3.63) is 30.3 Å². The number of thioether (sulfide) groups is 1. The van der Waals surface area contributed by atoms with Gasteiger partial charge in [0.05, 0.1) is 6.04 Å². The molecule has 0 amide bonds. The molecule has 3 nitrogen and oxygen atoms in total. The first-order chi connectivity index (χ1) is 7.72. The van der Waals surface area contributed by atoms with E-state index in [-0.39, 0.29) is 6.04 Å². The molecule has 1 aromatic carbocycles. The fourth-order valence-electron chi connectivity index (χ4n) is 1.86. The van der Waals surface area contributed by atoms with Gasteiger partial charge in [-0.2, -0.15) is 0 Å². The number of aliphatic imine (C=N–C) groups is 1. The number of anilines is 1. The predicted molar refractivity (Wildman–Crippen MR) is 70.0 cm³/mol. The molecule has 0 aliphatic carbocycles. The van der Waals surface area contributed by atoms with Crippen molar-refractivity contribution < 1.29 is 5.11 Å². The van der Waals surface area contributed by atoms with Gasteiger partial charge in [-0.25, -0.2) is 0 Å². The van der Waals surface area contributed by atoms with Crippen molar-refractivity contribution in [3.8, 4) is 0 Å². The molecule has 0 spiro atoms. The molecule has 0 unspecified atom stereocenters. The maximum Gasteiger partial charge on any atom is 0.165 e. The fourth-order valence-corrected chi connectivity index (χ4v) is 2.57. The summed E-state index contributed by atoms with van der Waals surface area (Å²) in [6.07, 6.45) is 2.19. The SMILES string of the molecule is CSC1=N[C@@H](C)C[C@@H](O)N1c1ccccc1. The van der Waals surface area contributed by atoms with Crippen molar-refractivity contribution in [2.24, 2.45) is 4.99 Å². The molecular weight excluding hydrogens is 220 g/mol. The average molecular weight is 236 g/mol. The summed E-state index contributed by atoms with van der Waals surface area (Å²) in [5.41, 5.74) is 0.995. The van der Waals surface area contributed by atoms with Gasteiger partial charge in [0.2, 0.25) is 0 Å². The largest absolute Gasteiger partial charge is 0.373 e. The molecule has 86 valence electrons. The van der Waals surface area contributed by atoms with E-state index >= 15 is 0 Å². The summed E-state index contributed by atoms with van der Waals surface area (Å²) in [6.45, 7) is 2.03. The topological polar surface area (TPSA) is 35.8 Å². The number of para-hydroxylation sites is 1. The molecule has 1 aliphatic heterocycles. The molecule has 4 heteroatoms. The van der Waals surface area contributed by atoms with Gasteiger partial charge >= 0.3 is 0 Å². The molecule has 1 N–H and O–H groups in total. The second-order valence-electron chi connectivity index (χ2n) is 3.89. The van der Waals surface area contributed by atoms with Gasteiger partial charge in [0.1, 0.15) is 6.23 Å². The van der Waals surface area contributed by atoms with Crippen LogP contribution in [0.1, 0.15) is 13.3 Å². The van der Waals surface area contributed by atoms with Gasteiger partial charge < -0.3 is 5.11 Å². The summed E-state index contributed by atoms with van der Waals surface area (Å²) in [5.74, 6) is 0. The zero-order valence-electron chi connectivity index (χ0n) is 9.50. The number of rotatable bonds is 1. The van der Waals surface area contributed by atoms with Crippen LogP contribution in [0, 0.1) is 0 Å². The quantitative estimate of drug-likeness (QED) is 0.813. The summed E-state index contributed by atoms with van der Waals surface area (Å²) < 4.78 is 0. The monoisotopic (exact) mass is 236 g/mol. The fraction of sp³-hybridized carbons (Fsp3) is 0.417. The maximum absolute atomic E-state index is 10.1. The molecule has 1 heterocycles. The first-order valence-corrected chi connectivity index (χ1v) is 6.59. The third-order valence-corrected chi connectivity index (χ3v) is 3.27. The second kappa shape index (κ2) is 4.89. The van der Waals surface area contributed by atoms with Gasteiger partial charge in [0, 0.05) is 12.1 Å². The van der Waals surface area contributed by atoms with Gasteiger partial charge in [-0.15, -0.1) is 0 Å². The lowest BCUT2D eigenvalue weighted by atomic mass is 10.1. The second-order valence-corrected chi connectivity index (χ2v) is 4.66. The highest BCUT2D eigenvalue weighted by Crippen LogP contribution is 2.26. The van der Waals surface area contributed by atoms with E-state index in [1.807, 2.05) is 48.4 Å². The van der Waals surface area contributed by atoms with Gasteiger partial charge in [0.15, 0.2) is 5.17 Å². The highest BCUT2D eigenvalue weighted by molar-refractivity contribution is 8.13. The summed E-state index contributed by atoms with van der Waals surface area (Å²) >= 11 is 1.57. The molecule has 0 fully saturated rings. The molecule has 0 aromatic heterocycles. The summed E-state index contributed by atoms with van der Waals surface area (Å²) in [6, 6.07) is 10.1. The Morgan fingerprint density at radius 3 is 2.69 bits per heavy atom. The van der Waals surface area contributed by atoms with E-state index in [9.17, 15) is 5.11 Å². The van der Waals surface area contributed by atoms with Gasteiger partial charge in [-0.05, 0) is 25.3 Å². The summed E-state index contributed by atoms with van der Waals surface area (Å²) in [5, 5.41) is 11.0. The van der Waals surface area contributed by atoms with E-state index in [1.54, 1.807) is 11.8 Å². The zero-order valence-corrected chi connectivity index (χ0v) is 10.3. The van der Waals surface area contributed by atoms with Crippen molar-refractivity contribution >= 4 is 22.6 Å². The van der Waals surface area contributed by atoms with Crippen LogP contribution in [-0.2, 0) is 0 Å². The Labute approximate surface area is 100 Å². The first kappa shape index (κ1) is 11.5. The van der Waals surface area contributed by atoms with Crippen molar-refractivity contribution in [2.75, 3.05) is 11.2 Å². The first-order valence-electron chi connectivity index (χ1n) is 5.36. The van der Waals surface area contributed by atoms with Crippen LogP contribution in [-0.4, -0.2) is 28.8 Å². The van der Waals surface area contributed by atoms with Crippen LogP contribution < -0.4 is 4.90 Å². The molecule has 2 atom stereocenters. The Balaban J connectivity index is 2.35. The van der Waals surface area contributed by atoms with Crippen LogP contribution >= 0.6 is 11.8 Å². The normalized spacial score (nSPS) is 25.4. The molecule has 0 saturated carbocycles. The number of benzene rings is 1. The minimum absolute atomic E-state index is 0.192. The van der Waals surface area contributed by atoms with Crippen LogP contribution in [0.5, 0.6) is 0 Å². The van der Waals surface area contributed by atoms with E-state index in [1.165, 1.54) is 0 Å². The van der Waals surface area contributed by atoms with Gasteiger partial charge in [0.25, 0.3) is 0 Å². The van der Waals surface area contributed by atoms with Crippen molar-refractivity contribution in [1.29, 1.82) is 0 Å². The van der Waals surface area contributed by atoms with E-state index in [4.69, 9.17) is 0 Å². The number of hydrogen-bond acceptors (Lipinski definition) is 4. The number of amidine groups is 1. The van der Waals surface area contributed by atoms with E-state index in [2.05, 4.69) is 4.99 Å². The standard InChI is InChI=1S/C12H16N2OS/c1-9-8-11(15)14(12(13-9)16-2)10-6-4-3-5-7-10/h3-7,9,11,15H,8H2,1-2H3/t9-,11+/m0/s1. The zero-order chi connectivity index (χ0) is 11.5. The summed E-state index contributed by atoms with van der Waals surface area (Å²) in [4.78, 5) is 6.45. The number of aliphatic hydroxyl groups excluding tert-OH is 1. The molecule has 1 aromatic rings. The Bertz CT molecular complexity index is 380. The number of nitrogens with zero attached hydrogens (tertiary/aromatic N) is 2. The van der Waals surface area contributed by atoms with Crippen LogP contribution in [0.25, 0.3) is 0 Å². The minimum Gasteiger partial charge on any atom is -0.373 e. The van der Waals surface area contributed by atoms with Crippen molar-refractivity contribution in [2.45, 2.75) is 25.6 Å². The molecule has 2 rings (SSSR count). The minimum atomic E-state index is -0.475. The Morgan fingerprint density at radius 1 is 1.38 bits per heavy atom. The highest BCUT2D eigenvalue weighted by atomic mass is 32.2. The van der Waals surface area contributed by atoms with Crippen molar-refractivity contribution in [3.63, 3.8) is 0 Å². The lowest BCUT2D eigenvalue weighted by Crippen LogP contribution is -2.44. The average Bonchev–Trinajstić information content (AvgIpc) is 2.29. The smallest absolute Gasteiger partial charge is 0.165 e. The third kappa shape index (κ3) is 2.23. The van der Waals surface area contributed by atoms with Crippen LogP contribution in [0.4, 0.5) is 5.69 Å². The molecule has 1 aliphatic rings. The molecular formula is C12H16N2OS. The van der Waals surface area contributed by atoms with Gasteiger partial charge in [-0.1, -0.05) is 30.0 Å².